The highest BCUT2D eigenvalue weighted by molar-refractivity contribution is 5.86. The van der Waals surface area contributed by atoms with Gasteiger partial charge in [-0.15, -0.1) is 0 Å². The Labute approximate surface area is 124 Å². The van der Waals surface area contributed by atoms with Crippen molar-refractivity contribution in [2.24, 2.45) is 17.1 Å². The quantitative estimate of drug-likeness (QED) is 0.750. The van der Waals surface area contributed by atoms with Crippen LogP contribution in [0.3, 0.4) is 0 Å². The second kappa shape index (κ2) is 5.68. The van der Waals surface area contributed by atoms with E-state index >= 15 is 0 Å². The Kier molecular flexibility index (Phi) is 4.38. The highest BCUT2D eigenvalue weighted by Gasteiger charge is 2.63. The summed E-state index contributed by atoms with van der Waals surface area (Å²) in [5, 5.41) is 7.12. The maximum Gasteiger partial charge on any atom is 0.490 e. The Bertz CT molecular complexity index is 452. The highest BCUT2D eigenvalue weighted by Crippen LogP contribution is 2.65. The number of carbonyl (C=O) groups excluding carboxylic acids is 1. The van der Waals surface area contributed by atoms with Crippen molar-refractivity contribution in [2.75, 3.05) is 13.1 Å². The lowest BCUT2D eigenvalue weighted by atomic mass is 9.44. The van der Waals surface area contributed by atoms with E-state index in [0.717, 1.165) is 25.2 Å². The molecule has 1 aliphatic heterocycles. The van der Waals surface area contributed by atoms with Gasteiger partial charge in [0.05, 0.1) is 12.0 Å². The van der Waals surface area contributed by atoms with Gasteiger partial charge in [0.15, 0.2) is 0 Å². The summed E-state index contributed by atoms with van der Waals surface area (Å²) in [4.78, 5) is 22.8. The Balaban J connectivity index is 0.000000217. The molecule has 1 amide bonds. The minimum Gasteiger partial charge on any atom is -0.475 e. The maximum absolute atomic E-state index is 13.2. The van der Waals surface area contributed by atoms with Crippen LogP contribution in [0.15, 0.2) is 0 Å². The molecule has 3 saturated carbocycles. The van der Waals surface area contributed by atoms with Crippen LogP contribution in [0.2, 0.25) is 0 Å². The molecule has 0 spiro atoms. The van der Waals surface area contributed by atoms with Crippen LogP contribution in [0.25, 0.3) is 0 Å². The molecule has 2 bridgehead atoms. The summed E-state index contributed by atoms with van der Waals surface area (Å²) >= 11 is 0. The van der Waals surface area contributed by atoms with Crippen molar-refractivity contribution in [3.8, 4) is 0 Å². The fourth-order valence-corrected chi connectivity index (χ4v) is 3.38. The summed E-state index contributed by atoms with van der Waals surface area (Å²) in [6.07, 6.45) is -2.40. The lowest BCUT2D eigenvalue weighted by Gasteiger charge is -2.61. The second-order valence-electron chi connectivity index (χ2n) is 6.24. The van der Waals surface area contributed by atoms with Crippen LogP contribution in [0.1, 0.15) is 25.7 Å². The van der Waals surface area contributed by atoms with Crippen molar-refractivity contribution in [1.82, 2.24) is 4.90 Å². The van der Waals surface area contributed by atoms with E-state index in [4.69, 9.17) is 15.6 Å². The monoisotopic (exact) mass is 326 g/mol. The molecule has 1 heterocycles. The van der Waals surface area contributed by atoms with E-state index in [2.05, 4.69) is 0 Å². The number of aliphatic carboxylic acids is 1. The van der Waals surface area contributed by atoms with Crippen LogP contribution in [-0.4, -0.2) is 53.4 Å². The normalized spacial score (nSPS) is 35.9. The zero-order chi connectivity index (χ0) is 16.7. The molecule has 0 aromatic carbocycles. The first-order valence-electron chi connectivity index (χ1n) is 7.04. The van der Waals surface area contributed by atoms with Gasteiger partial charge in [0, 0.05) is 19.0 Å². The number of alkyl halides is 4. The zero-order valence-electron chi connectivity index (χ0n) is 11.8. The smallest absolute Gasteiger partial charge is 0.475 e. The predicted molar refractivity (Wildman–Crippen MR) is 67.5 cm³/mol. The molecule has 0 unspecified atom stereocenters. The van der Waals surface area contributed by atoms with E-state index in [-0.39, 0.29) is 23.9 Å². The number of halogens is 4. The van der Waals surface area contributed by atoms with Gasteiger partial charge in [-0.25, -0.2) is 9.18 Å². The molecule has 4 fully saturated rings. The number of carbonyl (C=O) groups is 2. The predicted octanol–water partition coefficient (Wildman–Crippen LogP) is 1.32. The lowest BCUT2D eigenvalue weighted by molar-refractivity contribution is -0.192. The van der Waals surface area contributed by atoms with Crippen LogP contribution in [-0.2, 0) is 9.59 Å². The third-order valence-corrected chi connectivity index (χ3v) is 4.63. The molecule has 4 rings (SSSR count). The van der Waals surface area contributed by atoms with Gasteiger partial charge in [-0.2, -0.15) is 13.2 Å². The molecule has 0 radical (unpaired) electrons. The summed E-state index contributed by atoms with van der Waals surface area (Å²) in [6.45, 7) is 0.665. The Hall–Kier alpha value is -1.38. The van der Waals surface area contributed by atoms with Gasteiger partial charge >= 0.3 is 12.1 Å². The van der Waals surface area contributed by atoms with Crippen molar-refractivity contribution in [3.63, 3.8) is 0 Å². The highest BCUT2D eigenvalue weighted by atomic mass is 19.4. The van der Waals surface area contributed by atoms with Crippen LogP contribution in [0.4, 0.5) is 17.6 Å². The molecular weight excluding hydrogens is 308 g/mol. The number of hydrogen-bond donors (Lipinski definition) is 2. The van der Waals surface area contributed by atoms with Gasteiger partial charge in [0.2, 0.25) is 5.91 Å². The molecule has 5 nitrogen and oxygen atoms in total. The number of hydrogen-bond acceptors (Lipinski definition) is 3. The van der Waals surface area contributed by atoms with Gasteiger partial charge in [-0.05, 0) is 25.2 Å². The SMILES string of the molecule is NC[C@@H]1C[C@H](F)CN1C(=O)C12CC(C1)C2.O=C(O)C(F)(F)F. The van der Waals surface area contributed by atoms with Crippen LogP contribution < -0.4 is 5.73 Å². The van der Waals surface area contributed by atoms with E-state index in [0.29, 0.717) is 13.0 Å². The van der Waals surface area contributed by atoms with E-state index in [1.807, 2.05) is 0 Å². The number of rotatable bonds is 2. The first kappa shape index (κ1) is 17.0. The number of carboxylic acid groups (broad SMARTS) is 1. The zero-order valence-corrected chi connectivity index (χ0v) is 11.8. The van der Waals surface area contributed by atoms with E-state index in [9.17, 15) is 22.4 Å². The number of nitrogens with zero attached hydrogens (tertiary/aromatic N) is 1. The van der Waals surface area contributed by atoms with Gasteiger partial charge in [0.1, 0.15) is 6.17 Å². The molecule has 3 aliphatic carbocycles. The lowest BCUT2D eigenvalue weighted by Crippen LogP contribution is -2.62. The number of likely N-dealkylation sites (tertiary alicyclic amines) is 1. The van der Waals surface area contributed by atoms with Gasteiger partial charge in [0.25, 0.3) is 0 Å². The van der Waals surface area contributed by atoms with Gasteiger partial charge < -0.3 is 15.7 Å². The molecule has 1 saturated heterocycles. The first-order valence-corrected chi connectivity index (χ1v) is 7.04. The number of amides is 1. The van der Waals surface area contributed by atoms with Crippen molar-refractivity contribution in [1.29, 1.82) is 0 Å². The van der Waals surface area contributed by atoms with E-state index in [1.165, 1.54) is 0 Å². The largest absolute Gasteiger partial charge is 0.490 e. The van der Waals surface area contributed by atoms with Crippen LogP contribution in [0.5, 0.6) is 0 Å². The third-order valence-electron chi connectivity index (χ3n) is 4.63. The van der Waals surface area contributed by atoms with Crippen molar-refractivity contribution >= 4 is 11.9 Å². The van der Waals surface area contributed by atoms with Crippen molar-refractivity contribution in [3.05, 3.63) is 0 Å². The Morgan fingerprint density at radius 1 is 1.27 bits per heavy atom. The first-order chi connectivity index (χ1) is 10.1. The summed E-state index contributed by atoms with van der Waals surface area (Å²) in [5.41, 5.74) is 5.50. The average molecular weight is 326 g/mol. The summed E-state index contributed by atoms with van der Waals surface area (Å²) in [5.74, 6) is -1.79. The van der Waals surface area contributed by atoms with E-state index in [1.54, 1.807) is 4.90 Å². The molecule has 2 atom stereocenters. The summed E-state index contributed by atoms with van der Waals surface area (Å²) in [6, 6.07) is -0.0541. The van der Waals surface area contributed by atoms with Crippen LogP contribution in [0, 0.1) is 11.3 Å². The minimum atomic E-state index is -5.08. The van der Waals surface area contributed by atoms with Crippen molar-refractivity contribution < 1.29 is 32.3 Å². The van der Waals surface area contributed by atoms with Crippen molar-refractivity contribution in [2.45, 2.75) is 44.1 Å². The van der Waals surface area contributed by atoms with Crippen LogP contribution >= 0.6 is 0 Å². The molecule has 3 N–H and O–H groups in total. The standard InChI is InChI=1S/C11H17FN2O.C2HF3O2/c12-8-1-9(5-13)14(6-8)10(15)11-2-7(3-11)4-11;3-2(4,5)1(6)7/h7-9H,1-6,13H2;(H,6,7)/t7?,8-,9-,11?;/m0./s1. The summed E-state index contributed by atoms with van der Waals surface area (Å²) < 4.78 is 45.0. The molecular formula is C13H18F4N2O3. The Morgan fingerprint density at radius 3 is 2.09 bits per heavy atom. The average Bonchev–Trinajstić information content (AvgIpc) is 2.65. The molecule has 9 heteroatoms. The molecule has 0 aromatic rings. The molecule has 126 valence electrons. The molecule has 0 aromatic heterocycles. The number of carboxylic acids is 1. The number of nitrogens with two attached hydrogens (primary N) is 1. The minimum absolute atomic E-state index is 0.0541. The topological polar surface area (TPSA) is 83.6 Å². The fourth-order valence-electron chi connectivity index (χ4n) is 3.38. The van der Waals surface area contributed by atoms with Gasteiger partial charge in [-0.3, -0.25) is 4.79 Å². The molecule has 4 aliphatic rings. The second-order valence-corrected chi connectivity index (χ2v) is 6.24. The fraction of sp³-hybridized carbons (Fsp3) is 0.846. The maximum atomic E-state index is 13.2. The molecule has 22 heavy (non-hydrogen) atoms. The Morgan fingerprint density at radius 2 is 1.77 bits per heavy atom. The van der Waals surface area contributed by atoms with E-state index < -0.39 is 18.3 Å². The summed E-state index contributed by atoms with van der Waals surface area (Å²) in [7, 11) is 0. The van der Waals surface area contributed by atoms with Gasteiger partial charge in [-0.1, -0.05) is 0 Å². The third kappa shape index (κ3) is 3.04.